The first-order valence-corrected chi connectivity index (χ1v) is 6.19. The van der Waals surface area contributed by atoms with Gasteiger partial charge in [0, 0.05) is 26.2 Å². The molecule has 1 N–H and O–H groups in total. The molecule has 0 amide bonds. The molecule has 0 aromatic carbocycles. The Labute approximate surface area is 95.2 Å². The molecule has 0 saturated carbocycles. The van der Waals surface area contributed by atoms with Crippen LogP contribution >= 0.6 is 0 Å². The molecule has 3 nitrogen and oxygen atoms in total. The van der Waals surface area contributed by atoms with Gasteiger partial charge in [0.2, 0.25) is 0 Å². The Balaban J connectivity index is 3.58. The first-order valence-electron chi connectivity index (χ1n) is 6.19. The highest BCUT2D eigenvalue weighted by molar-refractivity contribution is 4.68. The average molecular weight is 216 g/mol. The lowest BCUT2D eigenvalue weighted by Gasteiger charge is -2.27. The van der Waals surface area contributed by atoms with E-state index in [0.29, 0.717) is 6.04 Å². The molecule has 0 saturated heterocycles. The van der Waals surface area contributed by atoms with E-state index >= 15 is 0 Å². The number of methoxy groups -OCH3 is 1. The predicted molar refractivity (Wildman–Crippen MR) is 66.4 cm³/mol. The second-order valence-electron chi connectivity index (χ2n) is 4.03. The van der Waals surface area contributed by atoms with Gasteiger partial charge in [0.25, 0.3) is 0 Å². The van der Waals surface area contributed by atoms with Crippen LogP contribution in [-0.2, 0) is 4.74 Å². The van der Waals surface area contributed by atoms with Crippen LogP contribution in [0.15, 0.2) is 0 Å². The molecule has 1 unspecified atom stereocenters. The van der Waals surface area contributed by atoms with Gasteiger partial charge in [-0.25, -0.2) is 0 Å². The fourth-order valence-corrected chi connectivity index (χ4v) is 1.64. The average Bonchev–Trinajstić information content (AvgIpc) is 2.25. The minimum absolute atomic E-state index is 0.599. The van der Waals surface area contributed by atoms with Crippen LogP contribution in [0.3, 0.4) is 0 Å². The highest BCUT2D eigenvalue weighted by Gasteiger charge is 2.10. The van der Waals surface area contributed by atoms with Crippen LogP contribution in [0.4, 0.5) is 0 Å². The van der Waals surface area contributed by atoms with Crippen LogP contribution in [-0.4, -0.2) is 50.8 Å². The van der Waals surface area contributed by atoms with Crippen molar-refractivity contribution in [3.05, 3.63) is 0 Å². The van der Waals surface area contributed by atoms with Crippen molar-refractivity contribution < 1.29 is 4.74 Å². The second kappa shape index (κ2) is 10.4. The molecule has 92 valence electrons. The maximum absolute atomic E-state index is 5.11. The molecule has 0 rings (SSSR count). The number of rotatable bonds is 10. The highest BCUT2D eigenvalue weighted by atomic mass is 16.5. The van der Waals surface area contributed by atoms with Crippen LogP contribution in [0, 0.1) is 0 Å². The molecule has 0 bridgehead atoms. The van der Waals surface area contributed by atoms with Crippen molar-refractivity contribution in [2.45, 2.75) is 39.7 Å². The van der Waals surface area contributed by atoms with Crippen LogP contribution < -0.4 is 5.32 Å². The normalized spacial score (nSPS) is 13.4. The van der Waals surface area contributed by atoms with Gasteiger partial charge in [-0.3, -0.25) is 4.90 Å². The summed E-state index contributed by atoms with van der Waals surface area (Å²) in [5.41, 5.74) is 0. The third-order valence-electron chi connectivity index (χ3n) is 2.76. The van der Waals surface area contributed by atoms with E-state index in [9.17, 15) is 0 Å². The van der Waals surface area contributed by atoms with Gasteiger partial charge in [-0.2, -0.15) is 0 Å². The number of hydrogen-bond acceptors (Lipinski definition) is 3. The quantitative estimate of drug-likeness (QED) is 0.563. The molecule has 3 heteroatoms. The van der Waals surface area contributed by atoms with Gasteiger partial charge < -0.3 is 10.1 Å². The van der Waals surface area contributed by atoms with Gasteiger partial charge in [0.1, 0.15) is 0 Å². The zero-order valence-corrected chi connectivity index (χ0v) is 10.9. The van der Waals surface area contributed by atoms with E-state index in [1.165, 1.54) is 12.8 Å². The van der Waals surface area contributed by atoms with Crippen molar-refractivity contribution in [3.63, 3.8) is 0 Å². The summed E-state index contributed by atoms with van der Waals surface area (Å²) in [7, 11) is 1.76. The van der Waals surface area contributed by atoms with Crippen molar-refractivity contribution in [2.24, 2.45) is 0 Å². The van der Waals surface area contributed by atoms with E-state index in [0.717, 1.165) is 32.8 Å². The molecule has 0 aliphatic rings. The number of likely N-dealkylation sites (N-methyl/N-ethyl adjacent to an activating group) is 1. The Bertz CT molecular complexity index is 131. The Morgan fingerprint density at radius 1 is 1.33 bits per heavy atom. The lowest BCUT2D eigenvalue weighted by molar-refractivity contribution is 0.128. The van der Waals surface area contributed by atoms with Gasteiger partial charge in [-0.1, -0.05) is 20.3 Å². The number of ether oxygens (including phenoxy) is 1. The van der Waals surface area contributed by atoms with E-state index in [1.807, 2.05) is 0 Å². The molecule has 0 radical (unpaired) electrons. The summed E-state index contributed by atoms with van der Waals surface area (Å²) in [4.78, 5) is 2.45. The second-order valence-corrected chi connectivity index (χ2v) is 4.03. The van der Waals surface area contributed by atoms with E-state index in [2.05, 4.69) is 31.0 Å². The molecule has 0 aromatic rings. The summed E-state index contributed by atoms with van der Waals surface area (Å²) in [6.07, 6.45) is 2.54. The number of hydrogen-bond donors (Lipinski definition) is 1. The minimum Gasteiger partial charge on any atom is -0.383 e. The molecule has 0 heterocycles. The molecule has 0 aliphatic carbocycles. The number of unbranched alkanes of at least 4 members (excludes halogenated alkanes) is 1. The number of nitrogens with zero attached hydrogens (tertiary/aromatic N) is 1. The molecule has 0 aromatic heterocycles. The largest absolute Gasteiger partial charge is 0.383 e. The summed E-state index contributed by atoms with van der Waals surface area (Å²) < 4.78 is 5.11. The first kappa shape index (κ1) is 14.9. The highest BCUT2D eigenvalue weighted by Crippen LogP contribution is 1.97. The summed E-state index contributed by atoms with van der Waals surface area (Å²) in [5, 5.41) is 3.49. The van der Waals surface area contributed by atoms with Crippen LogP contribution in [0.1, 0.15) is 33.6 Å². The van der Waals surface area contributed by atoms with E-state index in [-0.39, 0.29) is 0 Å². The third kappa shape index (κ3) is 7.77. The Morgan fingerprint density at radius 2 is 2.07 bits per heavy atom. The van der Waals surface area contributed by atoms with Gasteiger partial charge in [0.15, 0.2) is 0 Å². The Morgan fingerprint density at radius 3 is 2.60 bits per heavy atom. The standard InChI is InChI=1S/C12H28N2O/c1-5-7-8-13-11-12(3)14(6-2)9-10-15-4/h12-13H,5-11H2,1-4H3. The van der Waals surface area contributed by atoms with Crippen molar-refractivity contribution in [3.8, 4) is 0 Å². The summed E-state index contributed by atoms with van der Waals surface area (Å²) in [6, 6.07) is 0.599. The Hall–Kier alpha value is -0.120. The molecule has 0 fully saturated rings. The zero-order valence-electron chi connectivity index (χ0n) is 10.9. The monoisotopic (exact) mass is 216 g/mol. The molecular formula is C12H28N2O. The Kier molecular flexibility index (Phi) is 10.3. The molecule has 1 atom stereocenters. The van der Waals surface area contributed by atoms with Crippen molar-refractivity contribution in [2.75, 3.05) is 39.9 Å². The van der Waals surface area contributed by atoms with Gasteiger partial charge in [-0.15, -0.1) is 0 Å². The van der Waals surface area contributed by atoms with Crippen molar-refractivity contribution >= 4 is 0 Å². The zero-order chi connectivity index (χ0) is 11.5. The van der Waals surface area contributed by atoms with Crippen LogP contribution in [0.25, 0.3) is 0 Å². The summed E-state index contributed by atoms with van der Waals surface area (Å²) in [5.74, 6) is 0. The third-order valence-corrected chi connectivity index (χ3v) is 2.76. The SMILES string of the molecule is CCCCNCC(C)N(CC)CCOC. The smallest absolute Gasteiger partial charge is 0.0589 e. The van der Waals surface area contributed by atoms with E-state index in [4.69, 9.17) is 4.74 Å². The maximum Gasteiger partial charge on any atom is 0.0589 e. The first-order chi connectivity index (χ1) is 7.26. The number of nitrogens with one attached hydrogen (secondary N) is 1. The van der Waals surface area contributed by atoms with Gasteiger partial charge >= 0.3 is 0 Å². The van der Waals surface area contributed by atoms with E-state index < -0.39 is 0 Å². The van der Waals surface area contributed by atoms with Gasteiger partial charge in [0.05, 0.1) is 6.61 Å². The molecule has 0 aliphatic heterocycles. The van der Waals surface area contributed by atoms with Crippen LogP contribution in [0.2, 0.25) is 0 Å². The topological polar surface area (TPSA) is 24.5 Å². The molecule has 0 spiro atoms. The molecule has 15 heavy (non-hydrogen) atoms. The maximum atomic E-state index is 5.11. The minimum atomic E-state index is 0.599. The fraction of sp³-hybridized carbons (Fsp3) is 1.00. The van der Waals surface area contributed by atoms with E-state index in [1.54, 1.807) is 7.11 Å². The molecular weight excluding hydrogens is 188 g/mol. The fourth-order valence-electron chi connectivity index (χ4n) is 1.64. The van der Waals surface area contributed by atoms with Gasteiger partial charge in [-0.05, 0) is 26.4 Å². The predicted octanol–water partition coefficient (Wildman–Crippen LogP) is 1.73. The van der Waals surface area contributed by atoms with Crippen molar-refractivity contribution in [1.82, 2.24) is 10.2 Å². The van der Waals surface area contributed by atoms with Crippen molar-refractivity contribution in [1.29, 1.82) is 0 Å². The van der Waals surface area contributed by atoms with Crippen LogP contribution in [0.5, 0.6) is 0 Å². The lowest BCUT2D eigenvalue weighted by atomic mass is 10.2. The summed E-state index contributed by atoms with van der Waals surface area (Å²) in [6.45, 7) is 11.9. The summed E-state index contributed by atoms with van der Waals surface area (Å²) >= 11 is 0. The lowest BCUT2D eigenvalue weighted by Crippen LogP contribution is -2.42.